The summed E-state index contributed by atoms with van der Waals surface area (Å²) in [5, 5.41) is 2.96. The largest absolute Gasteiger partial charge is 0.326 e. The van der Waals surface area contributed by atoms with Crippen molar-refractivity contribution in [1.82, 2.24) is 4.90 Å². The monoisotopic (exact) mass is 275 g/mol. The van der Waals surface area contributed by atoms with E-state index in [0.29, 0.717) is 25.0 Å². The van der Waals surface area contributed by atoms with Crippen LogP contribution < -0.4 is 11.1 Å². The highest BCUT2D eigenvalue weighted by atomic mass is 16.2. The van der Waals surface area contributed by atoms with E-state index in [2.05, 4.69) is 24.1 Å². The molecule has 1 atom stereocenters. The second-order valence-corrected chi connectivity index (χ2v) is 5.87. The van der Waals surface area contributed by atoms with Gasteiger partial charge >= 0.3 is 0 Å². The van der Waals surface area contributed by atoms with Crippen molar-refractivity contribution in [2.24, 2.45) is 11.7 Å². The number of nitrogens with zero attached hydrogens (tertiary/aromatic N) is 1. The summed E-state index contributed by atoms with van der Waals surface area (Å²) in [5.74, 6) is 0.673. The molecular weight excluding hydrogens is 250 g/mol. The molecule has 0 aliphatic carbocycles. The van der Waals surface area contributed by atoms with Crippen LogP contribution in [0.15, 0.2) is 24.3 Å². The van der Waals surface area contributed by atoms with Gasteiger partial charge in [-0.1, -0.05) is 26.0 Å². The Morgan fingerprint density at radius 2 is 2.10 bits per heavy atom. The fourth-order valence-electron chi connectivity index (χ4n) is 2.91. The number of anilines is 1. The van der Waals surface area contributed by atoms with Crippen LogP contribution in [0.4, 0.5) is 5.69 Å². The van der Waals surface area contributed by atoms with E-state index in [1.807, 2.05) is 24.3 Å². The molecule has 1 saturated heterocycles. The summed E-state index contributed by atoms with van der Waals surface area (Å²) in [6.07, 6.45) is 2.40. The number of carbonyl (C=O) groups excluding carboxylic acids is 1. The van der Waals surface area contributed by atoms with Gasteiger partial charge in [-0.25, -0.2) is 0 Å². The molecule has 0 radical (unpaired) electrons. The van der Waals surface area contributed by atoms with Crippen molar-refractivity contribution < 1.29 is 4.79 Å². The first-order valence-corrected chi connectivity index (χ1v) is 7.43. The van der Waals surface area contributed by atoms with Gasteiger partial charge in [-0.05, 0) is 43.0 Å². The molecule has 1 aromatic rings. The highest BCUT2D eigenvalue weighted by Gasteiger charge is 2.28. The summed E-state index contributed by atoms with van der Waals surface area (Å²) in [7, 11) is 0. The average molecular weight is 275 g/mol. The van der Waals surface area contributed by atoms with Crippen LogP contribution in [-0.2, 0) is 11.3 Å². The lowest BCUT2D eigenvalue weighted by atomic mass is 10.0. The number of amides is 1. The molecule has 1 heterocycles. The maximum atomic E-state index is 12.1. The van der Waals surface area contributed by atoms with Crippen LogP contribution >= 0.6 is 0 Å². The zero-order valence-corrected chi connectivity index (χ0v) is 12.4. The summed E-state index contributed by atoms with van der Waals surface area (Å²) >= 11 is 0. The number of benzene rings is 1. The molecule has 2 rings (SSSR count). The van der Waals surface area contributed by atoms with Crippen LogP contribution in [0.5, 0.6) is 0 Å². The molecule has 1 unspecified atom stereocenters. The number of likely N-dealkylation sites (tertiary alicyclic amines) is 1. The highest BCUT2D eigenvalue weighted by molar-refractivity contribution is 5.92. The van der Waals surface area contributed by atoms with Crippen LogP contribution in [0, 0.1) is 5.92 Å². The Morgan fingerprint density at radius 1 is 1.40 bits per heavy atom. The smallest absolute Gasteiger partial charge is 0.238 e. The minimum atomic E-state index is 0.0676. The van der Waals surface area contributed by atoms with Gasteiger partial charge in [0.25, 0.3) is 0 Å². The van der Waals surface area contributed by atoms with Gasteiger partial charge in [-0.15, -0.1) is 0 Å². The molecule has 0 bridgehead atoms. The van der Waals surface area contributed by atoms with Gasteiger partial charge in [0.1, 0.15) is 0 Å². The third-order valence-electron chi connectivity index (χ3n) is 4.00. The predicted molar refractivity (Wildman–Crippen MR) is 82.4 cm³/mol. The van der Waals surface area contributed by atoms with E-state index < -0.39 is 0 Å². The summed E-state index contributed by atoms with van der Waals surface area (Å²) in [5.41, 5.74) is 7.47. The first kappa shape index (κ1) is 15.0. The molecule has 1 aromatic carbocycles. The van der Waals surface area contributed by atoms with Crippen molar-refractivity contribution in [1.29, 1.82) is 0 Å². The van der Waals surface area contributed by atoms with Crippen LogP contribution in [-0.4, -0.2) is 29.9 Å². The Balaban J connectivity index is 1.88. The summed E-state index contributed by atoms with van der Waals surface area (Å²) in [6.45, 7) is 6.50. The fourth-order valence-corrected chi connectivity index (χ4v) is 2.91. The van der Waals surface area contributed by atoms with Crippen molar-refractivity contribution >= 4 is 11.6 Å². The maximum Gasteiger partial charge on any atom is 0.238 e. The molecule has 1 fully saturated rings. The Morgan fingerprint density at radius 3 is 2.70 bits per heavy atom. The molecule has 0 aromatic heterocycles. The zero-order valence-electron chi connectivity index (χ0n) is 12.4. The van der Waals surface area contributed by atoms with Crippen molar-refractivity contribution in [3.05, 3.63) is 29.8 Å². The number of nitrogens with two attached hydrogens (primary N) is 1. The van der Waals surface area contributed by atoms with E-state index in [1.165, 1.54) is 12.8 Å². The molecule has 4 heteroatoms. The van der Waals surface area contributed by atoms with Crippen molar-refractivity contribution in [3.63, 3.8) is 0 Å². The second-order valence-electron chi connectivity index (χ2n) is 5.87. The van der Waals surface area contributed by atoms with Gasteiger partial charge in [0.2, 0.25) is 5.91 Å². The zero-order chi connectivity index (χ0) is 14.5. The Kier molecular flexibility index (Phi) is 5.15. The van der Waals surface area contributed by atoms with Gasteiger partial charge in [-0.2, -0.15) is 0 Å². The van der Waals surface area contributed by atoms with E-state index in [0.717, 1.165) is 17.8 Å². The van der Waals surface area contributed by atoms with Crippen LogP contribution in [0.3, 0.4) is 0 Å². The van der Waals surface area contributed by atoms with Crippen LogP contribution in [0.25, 0.3) is 0 Å². The lowest BCUT2D eigenvalue weighted by molar-refractivity contribution is -0.117. The fraction of sp³-hybridized carbons (Fsp3) is 0.562. The van der Waals surface area contributed by atoms with Crippen LogP contribution in [0.2, 0.25) is 0 Å². The molecular formula is C16H25N3O. The molecule has 1 aliphatic rings. The van der Waals surface area contributed by atoms with Gasteiger partial charge in [0.15, 0.2) is 0 Å². The minimum absolute atomic E-state index is 0.0676. The molecule has 0 spiro atoms. The molecule has 0 saturated carbocycles. The molecule has 1 aliphatic heterocycles. The van der Waals surface area contributed by atoms with Gasteiger partial charge < -0.3 is 11.1 Å². The molecule has 3 N–H and O–H groups in total. The quantitative estimate of drug-likeness (QED) is 0.866. The lowest BCUT2D eigenvalue weighted by Gasteiger charge is -2.26. The van der Waals surface area contributed by atoms with E-state index >= 15 is 0 Å². The normalized spacial score (nSPS) is 19.5. The first-order valence-electron chi connectivity index (χ1n) is 7.43. The topological polar surface area (TPSA) is 58.4 Å². The van der Waals surface area contributed by atoms with Crippen molar-refractivity contribution in [3.8, 4) is 0 Å². The molecule has 4 nitrogen and oxygen atoms in total. The Labute approximate surface area is 121 Å². The van der Waals surface area contributed by atoms with Crippen molar-refractivity contribution in [2.45, 2.75) is 39.3 Å². The summed E-state index contributed by atoms with van der Waals surface area (Å²) in [4.78, 5) is 14.4. The average Bonchev–Trinajstić information content (AvgIpc) is 2.87. The third kappa shape index (κ3) is 3.81. The molecule has 110 valence electrons. The van der Waals surface area contributed by atoms with Gasteiger partial charge in [0.05, 0.1) is 6.54 Å². The molecule has 1 amide bonds. The Hall–Kier alpha value is -1.39. The van der Waals surface area contributed by atoms with Crippen LogP contribution in [0.1, 0.15) is 32.3 Å². The Bertz CT molecular complexity index is 442. The summed E-state index contributed by atoms with van der Waals surface area (Å²) < 4.78 is 0. The second kappa shape index (κ2) is 6.86. The van der Waals surface area contributed by atoms with Gasteiger partial charge in [-0.3, -0.25) is 9.69 Å². The summed E-state index contributed by atoms with van der Waals surface area (Å²) in [6, 6.07) is 8.25. The van der Waals surface area contributed by atoms with Crippen molar-refractivity contribution in [2.75, 3.05) is 18.4 Å². The number of carbonyl (C=O) groups is 1. The molecule has 20 heavy (non-hydrogen) atoms. The highest BCUT2D eigenvalue weighted by Crippen LogP contribution is 2.23. The van der Waals surface area contributed by atoms with E-state index in [4.69, 9.17) is 5.73 Å². The standard InChI is InChI=1S/C16H25N3O/c1-12(2)15-4-3-9-19(15)11-16(20)18-14-7-5-13(10-17)6-8-14/h5-8,12,15H,3-4,9-11,17H2,1-2H3,(H,18,20). The first-order chi connectivity index (χ1) is 9.60. The lowest BCUT2D eigenvalue weighted by Crippen LogP contribution is -2.39. The SMILES string of the molecule is CC(C)C1CCCN1CC(=O)Nc1ccc(CN)cc1. The number of rotatable bonds is 5. The number of hydrogen-bond donors (Lipinski definition) is 2. The number of hydrogen-bond acceptors (Lipinski definition) is 3. The van der Waals surface area contributed by atoms with E-state index in [-0.39, 0.29) is 5.91 Å². The maximum absolute atomic E-state index is 12.1. The number of nitrogens with one attached hydrogen (secondary N) is 1. The minimum Gasteiger partial charge on any atom is -0.326 e. The predicted octanol–water partition coefficient (Wildman–Crippen LogP) is 2.20. The third-order valence-corrected chi connectivity index (χ3v) is 4.00. The van der Waals surface area contributed by atoms with Gasteiger partial charge in [0, 0.05) is 18.3 Å². The van der Waals surface area contributed by atoms with E-state index in [9.17, 15) is 4.79 Å². The van der Waals surface area contributed by atoms with E-state index in [1.54, 1.807) is 0 Å².